The number of aliphatic hydroxyl groups excluding tert-OH is 1. The lowest BCUT2D eigenvalue weighted by molar-refractivity contribution is 0.0531. The molecule has 0 bridgehead atoms. The summed E-state index contributed by atoms with van der Waals surface area (Å²) in [5.74, 6) is -0.277. The molecule has 1 aromatic rings. The van der Waals surface area contributed by atoms with Crippen LogP contribution >= 0.6 is 34.7 Å². The summed E-state index contributed by atoms with van der Waals surface area (Å²) >= 11 is 9.35. The molecule has 3 nitrogen and oxygen atoms in total. The van der Waals surface area contributed by atoms with E-state index in [1.165, 1.54) is 11.3 Å². The summed E-state index contributed by atoms with van der Waals surface area (Å²) < 4.78 is 6.10. The second-order valence-corrected chi connectivity index (χ2v) is 6.55. The summed E-state index contributed by atoms with van der Waals surface area (Å²) in [7, 11) is 0. The Hall–Kier alpha value is -0.490. The van der Waals surface area contributed by atoms with Crippen LogP contribution in [0.4, 0.5) is 0 Å². The SMILES string of the molecule is CCOC(=O)c1sc(SC)c2c1CCC(CO)=C2Cl. The van der Waals surface area contributed by atoms with Crippen LogP contribution < -0.4 is 0 Å². The van der Waals surface area contributed by atoms with Gasteiger partial charge in [0.1, 0.15) is 4.88 Å². The predicted molar refractivity (Wildman–Crippen MR) is 80.2 cm³/mol. The first-order valence-corrected chi connectivity index (χ1v) is 8.41. The molecule has 0 unspecified atom stereocenters. The number of halogens is 1. The Bertz CT molecular complexity index is 534. The maximum atomic E-state index is 12.0. The van der Waals surface area contributed by atoms with Gasteiger partial charge >= 0.3 is 5.97 Å². The number of thiophene rings is 1. The van der Waals surface area contributed by atoms with Gasteiger partial charge in [-0.3, -0.25) is 0 Å². The molecule has 1 aromatic heterocycles. The maximum Gasteiger partial charge on any atom is 0.348 e. The van der Waals surface area contributed by atoms with Crippen LogP contribution in [-0.2, 0) is 11.2 Å². The Morgan fingerprint density at radius 1 is 1.53 bits per heavy atom. The number of rotatable bonds is 4. The Morgan fingerprint density at radius 3 is 2.84 bits per heavy atom. The van der Waals surface area contributed by atoms with E-state index < -0.39 is 0 Å². The molecule has 1 N–H and O–H groups in total. The average Bonchev–Trinajstić information content (AvgIpc) is 2.79. The van der Waals surface area contributed by atoms with E-state index in [1.54, 1.807) is 18.7 Å². The molecule has 104 valence electrons. The zero-order chi connectivity index (χ0) is 14.0. The van der Waals surface area contributed by atoms with E-state index in [4.69, 9.17) is 16.3 Å². The monoisotopic (exact) mass is 318 g/mol. The first-order valence-electron chi connectivity index (χ1n) is 5.99. The van der Waals surface area contributed by atoms with Gasteiger partial charge in [-0.05, 0) is 37.2 Å². The van der Waals surface area contributed by atoms with Gasteiger partial charge < -0.3 is 9.84 Å². The number of ether oxygens (including phenoxy) is 1. The molecule has 2 rings (SSSR count). The number of fused-ring (bicyclic) bond motifs is 1. The number of carbonyl (C=O) groups excluding carboxylic acids is 1. The van der Waals surface area contributed by atoms with E-state index in [2.05, 4.69) is 0 Å². The molecule has 0 amide bonds. The quantitative estimate of drug-likeness (QED) is 0.681. The van der Waals surface area contributed by atoms with Gasteiger partial charge in [0.05, 0.1) is 22.5 Å². The first kappa shape index (κ1) is 14.9. The summed E-state index contributed by atoms with van der Waals surface area (Å²) in [5, 5.41) is 9.91. The molecule has 1 aliphatic rings. The van der Waals surface area contributed by atoms with Crippen molar-refractivity contribution in [1.29, 1.82) is 0 Å². The third-order valence-electron chi connectivity index (χ3n) is 3.02. The van der Waals surface area contributed by atoms with Crippen LogP contribution in [0.2, 0.25) is 0 Å². The summed E-state index contributed by atoms with van der Waals surface area (Å²) in [6, 6.07) is 0. The number of esters is 1. The lowest BCUT2D eigenvalue weighted by Crippen LogP contribution is -2.09. The molecule has 0 aromatic carbocycles. The standard InChI is InChI=1S/C13H15ClO3S2/c1-3-17-12(16)11-8-5-4-7(6-15)10(14)9(8)13(18-2)19-11/h15H,3-6H2,1-2H3. The van der Waals surface area contributed by atoms with Crippen LogP contribution in [0.25, 0.3) is 5.03 Å². The number of hydrogen-bond donors (Lipinski definition) is 1. The predicted octanol–water partition coefficient (Wildman–Crippen LogP) is 3.54. The minimum atomic E-state index is -0.277. The summed E-state index contributed by atoms with van der Waals surface area (Å²) in [5.41, 5.74) is 2.73. The molecule has 0 fully saturated rings. The molecule has 0 radical (unpaired) electrons. The van der Waals surface area contributed by atoms with Gasteiger partial charge in [0.25, 0.3) is 0 Å². The molecular formula is C13H15ClO3S2. The molecule has 19 heavy (non-hydrogen) atoms. The van der Waals surface area contributed by atoms with E-state index in [1.807, 2.05) is 6.26 Å². The van der Waals surface area contributed by atoms with Crippen molar-refractivity contribution in [2.45, 2.75) is 24.0 Å². The highest BCUT2D eigenvalue weighted by molar-refractivity contribution is 8.00. The van der Waals surface area contributed by atoms with E-state index in [-0.39, 0.29) is 12.6 Å². The van der Waals surface area contributed by atoms with Gasteiger partial charge in [-0.2, -0.15) is 0 Å². The van der Waals surface area contributed by atoms with Crippen LogP contribution in [0, 0.1) is 0 Å². The van der Waals surface area contributed by atoms with Gasteiger partial charge in [-0.1, -0.05) is 11.6 Å². The fourth-order valence-electron chi connectivity index (χ4n) is 2.12. The minimum Gasteiger partial charge on any atom is -0.462 e. The van der Waals surface area contributed by atoms with Gasteiger partial charge in [-0.25, -0.2) is 4.79 Å². The number of aliphatic hydroxyl groups is 1. The zero-order valence-electron chi connectivity index (χ0n) is 10.8. The molecule has 1 heterocycles. The second-order valence-electron chi connectivity index (χ2n) is 4.07. The van der Waals surface area contributed by atoms with Crippen LogP contribution in [0.5, 0.6) is 0 Å². The number of hydrogen-bond acceptors (Lipinski definition) is 5. The third kappa shape index (κ3) is 2.70. The van der Waals surface area contributed by atoms with Crippen molar-refractivity contribution in [1.82, 2.24) is 0 Å². The highest BCUT2D eigenvalue weighted by Gasteiger charge is 2.29. The molecule has 0 atom stereocenters. The average molecular weight is 319 g/mol. The first-order chi connectivity index (χ1) is 9.13. The summed E-state index contributed by atoms with van der Waals surface area (Å²) in [6.45, 7) is 2.13. The largest absolute Gasteiger partial charge is 0.462 e. The molecule has 0 saturated carbocycles. The molecule has 0 spiro atoms. The van der Waals surface area contributed by atoms with E-state index in [0.717, 1.165) is 27.3 Å². The van der Waals surface area contributed by atoms with Crippen molar-refractivity contribution < 1.29 is 14.6 Å². The van der Waals surface area contributed by atoms with Gasteiger partial charge in [0.15, 0.2) is 0 Å². The molecule has 0 saturated heterocycles. The Morgan fingerprint density at radius 2 is 2.26 bits per heavy atom. The van der Waals surface area contributed by atoms with Crippen LogP contribution in [0.3, 0.4) is 0 Å². The number of thioether (sulfide) groups is 1. The lowest BCUT2D eigenvalue weighted by atomic mass is 9.94. The third-order valence-corrected chi connectivity index (χ3v) is 5.81. The summed E-state index contributed by atoms with van der Waals surface area (Å²) in [6.07, 6.45) is 3.38. The van der Waals surface area contributed by atoms with Crippen LogP contribution in [0.15, 0.2) is 9.78 Å². The van der Waals surface area contributed by atoms with Crippen molar-refractivity contribution in [3.63, 3.8) is 0 Å². The highest BCUT2D eigenvalue weighted by Crippen LogP contribution is 2.45. The normalized spacial score (nSPS) is 14.5. The Balaban J connectivity index is 2.53. The van der Waals surface area contributed by atoms with Crippen LogP contribution in [-0.4, -0.2) is 30.5 Å². The van der Waals surface area contributed by atoms with Gasteiger partial charge in [0, 0.05) is 5.56 Å². The smallest absolute Gasteiger partial charge is 0.348 e. The van der Waals surface area contributed by atoms with Crippen molar-refractivity contribution in [2.24, 2.45) is 0 Å². The molecule has 0 aliphatic heterocycles. The second kappa shape index (κ2) is 6.31. The highest BCUT2D eigenvalue weighted by atomic mass is 35.5. The molecular weight excluding hydrogens is 304 g/mol. The van der Waals surface area contributed by atoms with E-state index in [9.17, 15) is 9.90 Å². The summed E-state index contributed by atoms with van der Waals surface area (Å²) in [4.78, 5) is 12.6. The topological polar surface area (TPSA) is 46.5 Å². The van der Waals surface area contributed by atoms with E-state index in [0.29, 0.717) is 22.9 Å². The zero-order valence-corrected chi connectivity index (χ0v) is 13.2. The maximum absolute atomic E-state index is 12.0. The Labute approximate surface area is 125 Å². The molecule has 6 heteroatoms. The van der Waals surface area contributed by atoms with Crippen molar-refractivity contribution in [2.75, 3.05) is 19.5 Å². The van der Waals surface area contributed by atoms with Crippen molar-refractivity contribution in [3.05, 3.63) is 21.6 Å². The molecule has 1 aliphatic carbocycles. The fraction of sp³-hybridized carbons (Fsp3) is 0.462. The van der Waals surface area contributed by atoms with Crippen molar-refractivity contribution in [3.8, 4) is 0 Å². The van der Waals surface area contributed by atoms with E-state index >= 15 is 0 Å². The Kier molecular flexibility index (Phi) is 4.95. The fourth-order valence-corrected chi connectivity index (χ4v) is 4.59. The lowest BCUT2D eigenvalue weighted by Gasteiger charge is -2.17. The number of carbonyl (C=O) groups is 1. The minimum absolute atomic E-state index is 0.0311. The van der Waals surface area contributed by atoms with Crippen molar-refractivity contribution >= 4 is 45.7 Å². The van der Waals surface area contributed by atoms with Crippen LogP contribution in [0.1, 0.15) is 34.1 Å². The van der Waals surface area contributed by atoms with Gasteiger partial charge in [-0.15, -0.1) is 23.1 Å². The van der Waals surface area contributed by atoms with Gasteiger partial charge in [0.2, 0.25) is 0 Å².